The van der Waals surface area contributed by atoms with Gasteiger partial charge in [0.05, 0.1) is 55.3 Å². The molecule has 8 atom stereocenters. The predicted octanol–water partition coefficient (Wildman–Crippen LogP) is 4.15. The van der Waals surface area contributed by atoms with Crippen molar-refractivity contribution in [1.82, 2.24) is 35.6 Å². The van der Waals surface area contributed by atoms with Gasteiger partial charge in [0.1, 0.15) is 5.01 Å². The maximum atomic E-state index is 14.2. The lowest BCUT2D eigenvalue weighted by molar-refractivity contribution is -0.146. The number of thiazole rings is 1. The monoisotopic (exact) mass is 800 g/mol. The second kappa shape index (κ2) is 23.7. The molecule has 8 unspecified atom stereocenters. The zero-order valence-electron chi connectivity index (χ0n) is 35.5. The van der Waals surface area contributed by atoms with E-state index < -0.39 is 24.2 Å². The van der Waals surface area contributed by atoms with Crippen LogP contribution in [0.5, 0.6) is 0 Å². The number of amides is 4. The van der Waals surface area contributed by atoms with Crippen molar-refractivity contribution in [2.24, 2.45) is 17.8 Å². The van der Waals surface area contributed by atoms with Crippen molar-refractivity contribution in [3.05, 3.63) is 52.5 Å². The molecule has 0 aliphatic carbocycles. The number of hydrogen-bond acceptors (Lipinski definition) is 10. The van der Waals surface area contributed by atoms with Gasteiger partial charge in [0.15, 0.2) is 0 Å². The van der Waals surface area contributed by atoms with Gasteiger partial charge in [0.2, 0.25) is 23.6 Å². The SMILES string of the molecule is CCC(C)C(C(CC(=O)N1CCCC1C(OC)C(C)C(=O)NC(Cc1ccccc1)c1nccs1)OC)N(C)C(=O)CNC(=O)C(C(C)C)N(C)CCCNC. The number of carbonyl (C=O) groups is 4. The van der Waals surface area contributed by atoms with Gasteiger partial charge >= 0.3 is 0 Å². The average molecular weight is 800 g/mol. The minimum absolute atomic E-state index is 0.00519. The van der Waals surface area contributed by atoms with Crippen LogP contribution in [0.4, 0.5) is 0 Å². The van der Waals surface area contributed by atoms with Gasteiger partial charge in [-0.25, -0.2) is 4.98 Å². The second-order valence-corrected chi connectivity index (χ2v) is 16.5. The van der Waals surface area contributed by atoms with Crippen molar-refractivity contribution in [3.63, 3.8) is 0 Å². The maximum absolute atomic E-state index is 14.2. The lowest BCUT2D eigenvalue weighted by Crippen LogP contribution is -2.55. The molecule has 1 aliphatic rings. The number of nitrogens with zero attached hydrogens (tertiary/aromatic N) is 4. The number of ether oxygens (including phenoxy) is 2. The van der Waals surface area contributed by atoms with E-state index in [2.05, 4.69) is 34.8 Å². The summed E-state index contributed by atoms with van der Waals surface area (Å²) >= 11 is 1.51. The van der Waals surface area contributed by atoms with Crippen LogP contribution in [0.15, 0.2) is 41.9 Å². The molecule has 56 heavy (non-hydrogen) atoms. The molecule has 13 nitrogen and oxygen atoms in total. The Morgan fingerprint density at radius 1 is 1.04 bits per heavy atom. The number of hydrogen-bond donors (Lipinski definition) is 3. The first-order chi connectivity index (χ1) is 26.8. The smallest absolute Gasteiger partial charge is 0.242 e. The lowest BCUT2D eigenvalue weighted by atomic mass is 9.90. The molecule has 1 aromatic heterocycles. The molecule has 1 aromatic carbocycles. The number of aromatic nitrogens is 1. The first-order valence-corrected chi connectivity index (χ1v) is 21.1. The Bertz CT molecular complexity index is 1480. The van der Waals surface area contributed by atoms with Gasteiger partial charge < -0.3 is 35.2 Å². The fourth-order valence-corrected chi connectivity index (χ4v) is 8.82. The number of carbonyl (C=O) groups excluding carboxylic acids is 4. The second-order valence-electron chi connectivity index (χ2n) is 15.6. The molecule has 0 bridgehead atoms. The predicted molar refractivity (Wildman–Crippen MR) is 222 cm³/mol. The van der Waals surface area contributed by atoms with E-state index in [4.69, 9.17) is 9.47 Å². The Labute approximate surface area is 339 Å². The molecular weight excluding hydrogens is 731 g/mol. The third kappa shape index (κ3) is 13.1. The molecule has 2 heterocycles. The first-order valence-electron chi connectivity index (χ1n) is 20.3. The molecule has 1 saturated heterocycles. The van der Waals surface area contributed by atoms with Gasteiger partial charge in [-0.2, -0.15) is 0 Å². The molecule has 14 heteroatoms. The average Bonchev–Trinajstić information content (AvgIpc) is 3.90. The largest absolute Gasteiger partial charge is 0.379 e. The molecule has 0 spiro atoms. The van der Waals surface area contributed by atoms with E-state index in [-0.39, 0.29) is 66.6 Å². The summed E-state index contributed by atoms with van der Waals surface area (Å²) in [5, 5.41) is 12.0. The van der Waals surface area contributed by atoms with E-state index in [1.165, 1.54) is 11.3 Å². The number of likely N-dealkylation sites (tertiary alicyclic amines) is 1. The van der Waals surface area contributed by atoms with E-state index in [9.17, 15) is 19.2 Å². The van der Waals surface area contributed by atoms with E-state index in [1.807, 2.05) is 80.4 Å². The fourth-order valence-electron chi connectivity index (χ4n) is 8.13. The number of methoxy groups -OCH3 is 2. The molecule has 0 saturated carbocycles. The van der Waals surface area contributed by atoms with Gasteiger partial charge in [-0.3, -0.25) is 24.1 Å². The Balaban J connectivity index is 1.70. The van der Waals surface area contributed by atoms with Crippen LogP contribution in [-0.2, 0) is 35.1 Å². The van der Waals surface area contributed by atoms with Crippen LogP contribution >= 0.6 is 11.3 Å². The van der Waals surface area contributed by atoms with Crippen LogP contribution < -0.4 is 16.0 Å². The van der Waals surface area contributed by atoms with E-state index in [1.54, 1.807) is 32.4 Å². The summed E-state index contributed by atoms with van der Waals surface area (Å²) in [4.78, 5) is 65.2. The minimum atomic E-state index is -0.594. The van der Waals surface area contributed by atoms with Crippen molar-refractivity contribution in [2.75, 3.05) is 61.5 Å². The van der Waals surface area contributed by atoms with E-state index in [0.29, 0.717) is 19.4 Å². The van der Waals surface area contributed by atoms with E-state index >= 15 is 0 Å². The zero-order valence-corrected chi connectivity index (χ0v) is 36.3. The highest BCUT2D eigenvalue weighted by molar-refractivity contribution is 7.09. The van der Waals surface area contributed by atoms with Gasteiger partial charge in [-0.05, 0) is 70.3 Å². The summed E-state index contributed by atoms with van der Waals surface area (Å²) in [6.07, 6.45) is 4.42. The molecule has 0 radical (unpaired) electrons. The van der Waals surface area contributed by atoms with Gasteiger partial charge in [-0.1, -0.05) is 71.4 Å². The summed E-state index contributed by atoms with van der Waals surface area (Å²) in [5.74, 6) is -1.19. The van der Waals surface area contributed by atoms with Crippen molar-refractivity contribution >= 4 is 35.0 Å². The highest BCUT2D eigenvalue weighted by Gasteiger charge is 2.42. The standard InChI is InChI=1S/C42H69N7O6S/c1-11-29(4)38(48(8)36(51)27-45-41(53)37(28(2)3)47(7)22-16-20-43-6)34(54-9)26-35(50)49-23-15-19-33(49)39(55-10)30(5)40(52)46-32(42-44-21-24-56-42)25-31-17-13-12-14-18-31/h12-14,17-18,21,24,28-30,32-34,37-39,43H,11,15-16,19-20,22-23,25-27H2,1-10H3,(H,45,53)(H,46,52). The maximum Gasteiger partial charge on any atom is 0.242 e. The molecule has 3 N–H and O–H groups in total. The summed E-state index contributed by atoms with van der Waals surface area (Å²) in [5.41, 5.74) is 1.09. The number of benzene rings is 1. The van der Waals surface area contributed by atoms with Crippen LogP contribution in [-0.4, -0.2) is 135 Å². The highest BCUT2D eigenvalue weighted by atomic mass is 32.1. The lowest BCUT2D eigenvalue weighted by Gasteiger charge is -2.39. The summed E-state index contributed by atoms with van der Waals surface area (Å²) < 4.78 is 12.0. The third-order valence-corrected chi connectivity index (χ3v) is 12.3. The van der Waals surface area contributed by atoms with Crippen LogP contribution in [0.1, 0.15) is 83.3 Å². The molecule has 1 fully saturated rings. The number of likely N-dealkylation sites (N-methyl/N-ethyl adjacent to an activating group) is 2. The first kappa shape index (κ1) is 46.9. The van der Waals surface area contributed by atoms with Crippen molar-refractivity contribution in [2.45, 2.75) is 110 Å². The van der Waals surface area contributed by atoms with Gasteiger partial charge in [-0.15, -0.1) is 11.3 Å². The van der Waals surface area contributed by atoms with Gasteiger partial charge in [0.25, 0.3) is 0 Å². The van der Waals surface area contributed by atoms with Crippen molar-refractivity contribution in [3.8, 4) is 0 Å². The molecule has 2 aromatic rings. The number of rotatable bonds is 24. The van der Waals surface area contributed by atoms with E-state index in [0.717, 1.165) is 42.9 Å². The minimum Gasteiger partial charge on any atom is -0.379 e. The Hall–Kier alpha value is -3.43. The summed E-state index contributed by atoms with van der Waals surface area (Å²) in [6, 6.07) is 8.62. The van der Waals surface area contributed by atoms with Gasteiger partial charge in [0, 0.05) is 39.4 Å². The molecule has 1 aliphatic heterocycles. The highest BCUT2D eigenvalue weighted by Crippen LogP contribution is 2.30. The Morgan fingerprint density at radius 2 is 1.75 bits per heavy atom. The number of nitrogens with one attached hydrogen (secondary N) is 3. The molecule has 314 valence electrons. The zero-order chi connectivity index (χ0) is 41.4. The Kier molecular flexibility index (Phi) is 19.9. The topological polar surface area (TPSA) is 145 Å². The summed E-state index contributed by atoms with van der Waals surface area (Å²) in [6.45, 7) is 12.0. The van der Waals surface area contributed by atoms with Crippen molar-refractivity contribution < 1.29 is 28.7 Å². The van der Waals surface area contributed by atoms with Crippen molar-refractivity contribution in [1.29, 1.82) is 0 Å². The molecule has 4 amide bonds. The normalized spacial score (nSPS) is 18.2. The fraction of sp³-hybridized carbons (Fsp3) is 0.690. The van der Waals surface area contributed by atoms with Crippen LogP contribution in [0, 0.1) is 17.8 Å². The Morgan fingerprint density at radius 3 is 2.34 bits per heavy atom. The van der Waals surface area contributed by atoms with Crippen LogP contribution in [0.3, 0.4) is 0 Å². The molecular formula is C42H69N7O6S. The third-order valence-electron chi connectivity index (χ3n) is 11.4. The summed E-state index contributed by atoms with van der Waals surface area (Å²) in [7, 11) is 8.74. The molecule has 3 rings (SSSR count). The van der Waals surface area contributed by atoms with Crippen LogP contribution in [0.2, 0.25) is 0 Å². The quantitative estimate of drug-likeness (QED) is 0.134. The van der Waals surface area contributed by atoms with Crippen LogP contribution in [0.25, 0.3) is 0 Å².